The Hall–Kier alpha value is -1.44. The second-order valence-electron chi connectivity index (χ2n) is 9.89. The van der Waals surface area contributed by atoms with E-state index in [4.69, 9.17) is 0 Å². The Labute approximate surface area is 173 Å². The van der Waals surface area contributed by atoms with E-state index < -0.39 is 10.0 Å². The molecule has 1 aromatic carbocycles. The Bertz CT molecular complexity index is 827. The van der Waals surface area contributed by atoms with Crippen LogP contribution in [0.2, 0.25) is 0 Å². The molecule has 1 aliphatic heterocycles. The topological polar surface area (TPSA) is 70.9 Å². The Morgan fingerprint density at radius 1 is 1.00 bits per heavy atom. The fraction of sp³-hybridized carbons (Fsp3) is 0.682. The minimum absolute atomic E-state index is 0.0593. The number of benzene rings is 1. The Kier molecular flexibility index (Phi) is 4.95. The van der Waals surface area contributed by atoms with Gasteiger partial charge in [0.05, 0.1) is 31.1 Å². The van der Waals surface area contributed by atoms with Gasteiger partial charge in [0.15, 0.2) is 6.54 Å². The molecule has 1 saturated heterocycles. The standard InChI is InChI=1S/C22H31N3O3S/c26-21(23-22-13-17-10-18(14-22)12-19(11-17)15-22)16-24-6-8-25(9-7-24)29(27,28)20-4-2-1-3-5-20/h1-5,17-19H,6-16H2,(H,23,26)/p+1. The van der Waals surface area contributed by atoms with E-state index in [1.165, 1.54) is 43.4 Å². The summed E-state index contributed by atoms with van der Waals surface area (Å²) in [5.41, 5.74) is 0.0593. The lowest BCUT2D eigenvalue weighted by atomic mass is 9.53. The van der Waals surface area contributed by atoms with Crippen LogP contribution in [0.15, 0.2) is 35.2 Å². The molecule has 5 fully saturated rings. The summed E-state index contributed by atoms with van der Waals surface area (Å²) in [4.78, 5) is 14.4. The fourth-order valence-electron chi connectivity index (χ4n) is 6.79. The summed E-state index contributed by atoms with van der Waals surface area (Å²) in [5.74, 6) is 2.61. The van der Waals surface area contributed by atoms with Gasteiger partial charge in [-0.25, -0.2) is 8.42 Å². The van der Waals surface area contributed by atoms with Crippen molar-refractivity contribution in [2.75, 3.05) is 32.7 Å². The van der Waals surface area contributed by atoms with Gasteiger partial charge in [0, 0.05) is 5.54 Å². The van der Waals surface area contributed by atoms with Crippen LogP contribution in [0.4, 0.5) is 0 Å². The smallest absolute Gasteiger partial charge is 0.275 e. The fourth-order valence-corrected chi connectivity index (χ4v) is 8.25. The number of hydrogen-bond acceptors (Lipinski definition) is 3. The first-order valence-corrected chi connectivity index (χ1v) is 12.6. The number of quaternary nitrogens is 1. The van der Waals surface area contributed by atoms with Crippen molar-refractivity contribution in [1.29, 1.82) is 0 Å². The molecule has 6 rings (SSSR count). The zero-order valence-corrected chi connectivity index (χ0v) is 17.8. The summed E-state index contributed by atoms with van der Waals surface area (Å²) < 4.78 is 27.1. The van der Waals surface area contributed by atoms with Crippen molar-refractivity contribution in [3.05, 3.63) is 30.3 Å². The van der Waals surface area contributed by atoms with Gasteiger partial charge in [-0.1, -0.05) is 18.2 Å². The third kappa shape index (κ3) is 3.84. The Morgan fingerprint density at radius 3 is 2.10 bits per heavy atom. The zero-order valence-electron chi connectivity index (χ0n) is 17.0. The summed E-state index contributed by atoms with van der Waals surface area (Å²) in [6.07, 6.45) is 7.63. The van der Waals surface area contributed by atoms with Crippen LogP contribution in [0.1, 0.15) is 38.5 Å². The summed E-state index contributed by atoms with van der Waals surface area (Å²) >= 11 is 0. The molecule has 1 aromatic rings. The maximum atomic E-state index is 12.8. The van der Waals surface area contributed by atoms with E-state index in [-0.39, 0.29) is 11.4 Å². The number of nitrogens with zero attached hydrogens (tertiary/aromatic N) is 1. The Morgan fingerprint density at radius 2 is 1.55 bits per heavy atom. The molecular formula is C22H32N3O3S+. The highest BCUT2D eigenvalue weighted by atomic mass is 32.2. The van der Waals surface area contributed by atoms with E-state index in [1.807, 2.05) is 6.07 Å². The number of carbonyl (C=O) groups is 1. The lowest BCUT2D eigenvalue weighted by molar-refractivity contribution is -0.895. The van der Waals surface area contributed by atoms with Crippen molar-refractivity contribution in [3.8, 4) is 0 Å². The van der Waals surface area contributed by atoms with Gasteiger partial charge in [-0.2, -0.15) is 4.31 Å². The van der Waals surface area contributed by atoms with Crippen molar-refractivity contribution in [1.82, 2.24) is 9.62 Å². The second-order valence-corrected chi connectivity index (χ2v) is 11.8. The highest BCUT2D eigenvalue weighted by molar-refractivity contribution is 7.89. The van der Waals surface area contributed by atoms with Crippen molar-refractivity contribution >= 4 is 15.9 Å². The highest BCUT2D eigenvalue weighted by Gasteiger charge is 2.51. The molecule has 5 aliphatic rings. The molecule has 4 bridgehead atoms. The van der Waals surface area contributed by atoms with Crippen LogP contribution >= 0.6 is 0 Å². The number of amides is 1. The molecule has 0 atom stereocenters. The van der Waals surface area contributed by atoms with Crippen LogP contribution in [0.25, 0.3) is 0 Å². The molecule has 0 radical (unpaired) electrons. The average molecular weight is 419 g/mol. The Balaban J connectivity index is 1.15. The largest absolute Gasteiger partial charge is 0.346 e. The molecular weight excluding hydrogens is 386 g/mol. The molecule has 1 heterocycles. The summed E-state index contributed by atoms with van der Waals surface area (Å²) in [5, 5.41) is 3.45. The van der Waals surface area contributed by atoms with Crippen LogP contribution in [0.5, 0.6) is 0 Å². The molecule has 4 saturated carbocycles. The number of sulfonamides is 1. The monoisotopic (exact) mass is 418 g/mol. The van der Waals surface area contributed by atoms with Crippen LogP contribution < -0.4 is 10.2 Å². The van der Waals surface area contributed by atoms with Gasteiger partial charge >= 0.3 is 0 Å². The van der Waals surface area contributed by atoms with E-state index >= 15 is 0 Å². The normalized spacial score (nSPS) is 35.0. The van der Waals surface area contributed by atoms with E-state index in [0.717, 1.165) is 17.8 Å². The second kappa shape index (κ2) is 7.36. The molecule has 6 nitrogen and oxygen atoms in total. The van der Waals surface area contributed by atoms with Gasteiger partial charge in [-0.3, -0.25) is 4.79 Å². The maximum Gasteiger partial charge on any atom is 0.275 e. The molecule has 158 valence electrons. The predicted octanol–water partition coefficient (Wildman–Crippen LogP) is 0.661. The lowest BCUT2D eigenvalue weighted by Gasteiger charge is -2.56. The van der Waals surface area contributed by atoms with Gasteiger partial charge in [0.2, 0.25) is 10.0 Å². The number of hydrogen-bond donors (Lipinski definition) is 2. The van der Waals surface area contributed by atoms with Crippen molar-refractivity contribution < 1.29 is 18.1 Å². The van der Waals surface area contributed by atoms with Gasteiger partial charge in [0.25, 0.3) is 5.91 Å². The minimum atomic E-state index is -3.43. The molecule has 4 aliphatic carbocycles. The SMILES string of the molecule is O=C(C[NH+]1CCN(S(=O)(=O)c2ccccc2)CC1)NC12CC3CC(CC(C3)C1)C2. The quantitative estimate of drug-likeness (QED) is 0.738. The number of nitrogens with one attached hydrogen (secondary N) is 2. The third-order valence-electron chi connectivity index (χ3n) is 7.66. The summed E-state index contributed by atoms with van der Waals surface area (Å²) in [7, 11) is -3.43. The predicted molar refractivity (Wildman–Crippen MR) is 110 cm³/mol. The molecule has 0 unspecified atom stereocenters. The highest BCUT2D eigenvalue weighted by Crippen LogP contribution is 2.55. The van der Waals surface area contributed by atoms with Gasteiger partial charge in [-0.05, 0) is 68.4 Å². The molecule has 29 heavy (non-hydrogen) atoms. The minimum Gasteiger partial charge on any atom is -0.346 e. The van der Waals surface area contributed by atoms with Crippen LogP contribution in [0, 0.1) is 17.8 Å². The van der Waals surface area contributed by atoms with Crippen molar-refractivity contribution in [2.24, 2.45) is 17.8 Å². The van der Waals surface area contributed by atoms with Crippen LogP contribution in [-0.2, 0) is 14.8 Å². The number of rotatable bonds is 5. The van der Waals surface area contributed by atoms with E-state index in [0.29, 0.717) is 37.6 Å². The first-order chi connectivity index (χ1) is 13.9. The molecule has 0 aromatic heterocycles. The molecule has 1 amide bonds. The van der Waals surface area contributed by atoms with E-state index in [9.17, 15) is 13.2 Å². The number of carbonyl (C=O) groups excluding carboxylic acids is 1. The van der Waals surface area contributed by atoms with E-state index in [2.05, 4.69) is 5.32 Å². The maximum absolute atomic E-state index is 12.8. The van der Waals surface area contributed by atoms with Crippen LogP contribution in [0.3, 0.4) is 0 Å². The average Bonchev–Trinajstić information content (AvgIpc) is 2.67. The molecule has 2 N–H and O–H groups in total. The molecule has 0 spiro atoms. The molecule has 7 heteroatoms. The first kappa shape index (κ1) is 19.5. The third-order valence-corrected chi connectivity index (χ3v) is 9.58. The van der Waals surface area contributed by atoms with Crippen molar-refractivity contribution in [3.63, 3.8) is 0 Å². The van der Waals surface area contributed by atoms with E-state index in [1.54, 1.807) is 28.6 Å². The summed E-state index contributed by atoms with van der Waals surface area (Å²) in [6, 6.07) is 8.62. The van der Waals surface area contributed by atoms with Gasteiger partial charge in [0.1, 0.15) is 0 Å². The van der Waals surface area contributed by atoms with Gasteiger partial charge < -0.3 is 10.2 Å². The number of piperazine rings is 1. The van der Waals surface area contributed by atoms with Crippen molar-refractivity contribution in [2.45, 2.75) is 49.0 Å². The van der Waals surface area contributed by atoms with Crippen LogP contribution in [-0.4, -0.2) is 56.9 Å². The summed E-state index contributed by atoms with van der Waals surface area (Å²) in [6.45, 7) is 2.76. The van der Waals surface area contributed by atoms with Gasteiger partial charge in [-0.15, -0.1) is 0 Å². The lowest BCUT2D eigenvalue weighted by Crippen LogP contribution is -3.16. The zero-order chi connectivity index (χ0) is 20.1. The first-order valence-electron chi connectivity index (χ1n) is 11.1.